The summed E-state index contributed by atoms with van der Waals surface area (Å²) in [7, 11) is 2.61. The van der Waals surface area contributed by atoms with E-state index in [0.717, 1.165) is 74.8 Å². The summed E-state index contributed by atoms with van der Waals surface area (Å²) >= 11 is 0. The van der Waals surface area contributed by atoms with Crippen molar-refractivity contribution < 1.29 is 38.1 Å². The van der Waals surface area contributed by atoms with Gasteiger partial charge in [-0.05, 0) is 117 Å². The predicted octanol–water partition coefficient (Wildman–Crippen LogP) is 7.94. The van der Waals surface area contributed by atoms with E-state index in [9.17, 15) is 19.2 Å². The van der Waals surface area contributed by atoms with Crippen LogP contribution in [0.3, 0.4) is 0 Å². The van der Waals surface area contributed by atoms with Gasteiger partial charge in [-0.15, -0.1) is 0 Å². The molecule has 4 amide bonds. The molecule has 3 saturated heterocycles. The van der Waals surface area contributed by atoms with E-state index >= 15 is 0 Å². The Morgan fingerprint density at radius 3 is 2.32 bits per heavy atom. The third-order valence-electron chi connectivity index (χ3n) is 13.9. The Balaban J connectivity index is 0.964. The van der Waals surface area contributed by atoms with Gasteiger partial charge >= 0.3 is 12.2 Å². The van der Waals surface area contributed by atoms with Crippen LogP contribution in [0.15, 0.2) is 48.7 Å². The number of imidazole rings is 2. The number of likely N-dealkylation sites (tertiary alicyclic amines) is 2. The highest BCUT2D eigenvalue weighted by molar-refractivity contribution is 6.07. The maximum absolute atomic E-state index is 14.5. The van der Waals surface area contributed by atoms with Crippen molar-refractivity contribution in [1.29, 1.82) is 0 Å². The molecule has 6 heterocycles. The Morgan fingerprint density at radius 2 is 1.58 bits per heavy atom. The molecule has 344 valence electrons. The van der Waals surface area contributed by atoms with E-state index in [4.69, 9.17) is 28.9 Å². The second kappa shape index (κ2) is 17.7. The van der Waals surface area contributed by atoms with Crippen LogP contribution >= 0.6 is 0 Å². The van der Waals surface area contributed by atoms with Crippen LogP contribution in [0.25, 0.3) is 44.2 Å². The molecule has 4 N–H and O–H groups in total. The minimum atomic E-state index is -0.750. The van der Waals surface area contributed by atoms with Gasteiger partial charge in [-0.3, -0.25) is 9.59 Å². The van der Waals surface area contributed by atoms with Crippen LogP contribution in [0.2, 0.25) is 0 Å². The van der Waals surface area contributed by atoms with E-state index in [2.05, 4.69) is 63.9 Å². The molecular weight excluding hydrogens is 829 g/mol. The lowest BCUT2D eigenvalue weighted by atomic mass is 9.85. The van der Waals surface area contributed by atoms with Gasteiger partial charge in [0.15, 0.2) is 0 Å². The molecule has 0 saturated carbocycles. The standard InChI is InChI=1S/C49H60N8O8/c1-24(2)41(54-48(60)62-7)47(59)57-26(4)9-14-38(57)44-50-21-37(52-44)30-10-12-33-32(18-30)23-64-40-20-34-29(19-35(33)40)11-13-36-43(34)53-45(51-36)39-15-25(3)22-56(39)46(58)42(55-49(61)63-8)31-16-27(5)65-28(6)17-31/h10-13,18-21,24-28,31,38-39,41-42H,9,14-17,22-23H2,1-8H3,(H,50,52)(H,51,53)(H,54,60)(H,55,61). The molecule has 0 bridgehead atoms. The van der Waals surface area contributed by atoms with E-state index in [1.165, 1.54) is 14.2 Å². The van der Waals surface area contributed by atoms with Crippen LogP contribution in [-0.2, 0) is 30.4 Å². The normalized spacial score (nSPS) is 24.9. The van der Waals surface area contributed by atoms with Crippen LogP contribution < -0.4 is 15.4 Å². The molecule has 4 aliphatic rings. The highest BCUT2D eigenvalue weighted by atomic mass is 16.5. The number of nitrogens with zero attached hydrogens (tertiary/aromatic N) is 4. The molecule has 8 unspecified atom stereocenters. The molecule has 3 fully saturated rings. The van der Waals surface area contributed by atoms with Gasteiger partial charge in [0.1, 0.15) is 36.1 Å². The highest BCUT2D eigenvalue weighted by Gasteiger charge is 2.44. The Bertz CT molecular complexity index is 2630. The van der Waals surface area contributed by atoms with Gasteiger partial charge in [0.25, 0.3) is 0 Å². The first-order valence-corrected chi connectivity index (χ1v) is 23.0. The minimum absolute atomic E-state index is 0.0195. The predicted molar refractivity (Wildman–Crippen MR) is 244 cm³/mol. The van der Waals surface area contributed by atoms with Gasteiger partial charge in [-0.25, -0.2) is 19.6 Å². The van der Waals surface area contributed by atoms with Gasteiger partial charge in [0.2, 0.25) is 11.8 Å². The molecule has 4 aliphatic heterocycles. The number of hydrogen-bond donors (Lipinski definition) is 4. The van der Waals surface area contributed by atoms with E-state index in [1.54, 1.807) is 0 Å². The van der Waals surface area contributed by atoms with Gasteiger partial charge in [-0.2, -0.15) is 0 Å². The smallest absolute Gasteiger partial charge is 0.407 e. The van der Waals surface area contributed by atoms with Gasteiger partial charge in [-0.1, -0.05) is 39.0 Å². The second-order valence-corrected chi connectivity index (χ2v) is 19.0. The zero-order chi connectivity index (χ0) is 45.8. The quantitative estimate of drug-likeness (QED) is 0.113. The second-order valence-electron chi connectivity index (χ2n) is 19.0. The Kier molecular flexibility index (Phi) is 12.0. The van der Waals surface area contributed by atoms with Gasteiger partial charge < -0.3 is 49.3 Å². The topological polar surface area (TPSA) is 193 Å². The van der Waals surface area contributed by atoms with Crippen LogP contribution in [0.5, 0.6) is 5.75 Å². The van der Waals surface area contributed by atoms with E-state index in [0.29, 0.717) is 37.6 Å². The first-order chi connectivity index (χ1) is 31.2. The minimum Gasteiger partial charge on any atom is -0.488 e. The van der Waals surface area contributed by atoms with Gasteiger partial charge in [0, 0.05) is 23.5 Å². The number of nitrogens with one attached hydrogen (secondary N) is 4. The summed E-state index contributed by atoms with van der Waals surface area (Å²) in [5.74, 6) is 1.90. The summed E-state index contributed by atoms with van der Waals surface area (Å²) in [4.78, 5) is 73.9. The number of methoxy groups -OCH3 is 2. The molecule has 0 spiro atoms. The monoisotopic (exact) mass is 888 g/mol. The third kappa shape index (κ3) is 8.36. The molecule has 8 atom stereocenters. The van der Waals surface area contributed by atoms with Crippen molar-refractivity contribution >= 4 is 45.8 Å². The van der Waals surface area contributed by atoms with Crippen LogP contribution in [0.1, 0.15) is 103 Å². The number of carbonyl (C=O) groups is 4. The molecule has 3 aromatic carbocycles. The molecule has 16 nitrogen and oxygen atoms in total. The zero-order valence-corrected chi connectivity index (χ0v) is 38.4. The number of amides is 4. The van der Waals surface area contributed by atoms with Crippen molar-refractivity contribution in [2.75, 3.05) is 20.8 Å². The van der Waals surface area contributed by atoms with Crippen LogP contribution in [0, 0.1) is 17.8 Å². The van der Waals surface area contributed by atoms with E-state index < -0.39 is 24.3 Å². The van der Waals surface area contributed by atoms with Crippen molar-refractivity contribution in [3.05, 3.63) is 65.9 Å². The molecule has 16 heteroatoms. The summed E-state index contributed by atoms with van der Waals surface area (Å²) in [6.07, 6.45) is 4.11. The average molecular weight is 889 g/mol. The number of aromatic amines is 2. The van der Waals surface area contributed by atoms with E-state index in [1.807, 2.05) is 56.7 Å². The lowest BCUT2D eigenvalue weighted by Crippen LogP contribution is -2.54. The van der Waals surface area contributed by atoms with Crippen LogP contribution in [-0.4, -0.2) is 105 Å². The number of ether oxygens (including phenoxy) is 4. The number of rotatable bonds is 9. The summed E-state index contributed by atoms with van der Waals surface area (Å²) in [5.41, 5.74) is 6.57. The Morgan fingerprint density at radius 1 is 0.831 bits per heavy atom. The van der Waals surface area contributed by atoms with Crippen molar-refractivity contribution in [3.8, 4) is 28.1 Å². The lowest BCUT2D eigenvalue weighted by molar-refractivity contribution is -0.139. The number of fused-ring (bicyclic) bond motifs is 6. The molecule has 9 rings (SSSR count). The Hall–Kier alpha value is -6.16. The summed E-state index contributed by atoms with van der Waals surface area (Å²) < 4.78 is 22.2. The highest BCUT2D eigenvalue weighted by Crippen LogP contribution is 2.44. The average Bonchev–Trinajstić information content (AvgIpc) is 4.11. The van der Waals surface area contributed by atoms with Crippen molar-refractivity contribution in [3.63, 3.8) is 0 Å². The summed E-state index contributed by atoms with van der Waals surface area (Å²) in [6.45, 7) is 12.9. The number of carbonyl (C=O) groups excluding carboxylic acids is 4. The van der Waals surface area contributed by atoms with Crippen molar-refractivity contribution in [2.24, 2.45) is 17.8 Å². The van der Waals surface area contributed by atoms with Gasteiger partial charge in [0.05, 0.1) is 61.4 Å². The fourth-order valence-electron chi connectivity index (χ4n) is 10.8. The van der Waals surface area contributed by atoms with E-state index in [-0.39, 0.29) is 59.9 Å². The number of benzene rings is 3. The first kappa shape index (κ1) is 44.1. The zero-order valence-electron chi connectivity index (χ0n) is 38.4. The fraction of sp³-hybridized carbons (Fsp3) is 0.510. The van der Waals surface area contributed by atoms with Crippen LogP contribution in [0.4, 0.5) is 9.59 Å². The molecule has 0 aliphatic carbocycles. The maximum atomic E-state index is 14.5. The maximum Gasteiger partial charge on any atom is 0.407 e. The SMILES string of the molecule is COC(=O)NC(C(=O)N1C(C)CCC1c1ncc(-c2ccc3c(c2)COc2cc4c(ccc5[nH]c(C6CC(C)CN6C(=O)C(NC(=O)OC)C6CC(C)OC(C)C6)nc54)cc2-3)[nH]1)C(C)C. The largest absolute Gasteiger partial charge is 0.488 e. The molecule has 65 heavy (non-hydrogen) atoms. The summed E-state index contributed by atoms with van der Waals surface area (Å²) in [6, 6.07) is 12.6. The molecule has 2 aromatic heterocycles. The molecule has 5 aromatic rings. The summed E-state index contributed by atoms with van der Waals surface area (Å²) in [5, 5.41) is 7.58. The number of alkyl carbamates (subject to hydrolysis) is 2. The molecular formula is C49H60N8O8. The number of hydrogen-bond acceptors (Lipinski definition) is 10. The first-order valence-electron chi connectivity index (χ1n) is 23.0. The fourth-order valence-corrected chi connectivity index (χ4v) is 10.8. The third-order valence-corrected chi connectivity index (χ3v) is 13.9. The van der Waals surface area contributed by atoms with Crippen molar-refractivity contribution in [1.82, 2.24) is 40.4 Å². The Labute approximate surface area is 378 Å². The number of aromatic nitrogens is 4. The van der Waals surface area contributed by atoms with Crippen molar-refractivity contribution in [2.45, 2.75) is 123 Å². The lowest BCUT2D eigenvalue weighted by Gasteiger charge is -2.38. The molecule has 0 radical (unpaired) electrons. The number of H-pyrrole nitrogens is 2.